The first-order chi connectivity index (χ1) is 6.11. The van der Waals surface area contributed by atoms with E-state index >= 15 is 0 Å². The molecule has 0 saturated heterocycles. The minimum Gasteiger partial charge on any atom is -0.397 e. The Bertz CT molecular complexity index is 401. The zero-order chi connectivity index (χ0) is 9.84. The number of nitrogen functional groups attached to an aromatic ring is 2. The van der Waals surface area contributed by atoms with Crippen LogP contribution in [0.1, 0.15) is 5.56 Å². The van der Waals surface area contributed by atoms with Gasteiger partial charge >= 0.3 is 0 Å². The molecule has 1 rings (SSSR count). The van der Waals surface area contributed by atoms with E-state index in [0.29, 0.717) is 16.9 Å². The molecule has 6 N–H and O–H groups in total. The molecule has 0 saturated carbocycles. The van der Waals surface area contributed by atoms with E-state index in [-0.39, 0.29) is 0 Å². The van der Waals surface area contributed by atoms with E-state index < -0.39 is 5.91 Å². The number of carbonyl (C=O) groups excluding carboxylic acids is 1. The maximum Gasteiger partial charge on any atom is 0.293 e. The van der Waals surface area contributed by atoms with Crippen molar-refractivity contribution in [3.63, 3.8) is 0 Å². The van der Waals surface area contributed by atoms with Gasteiger partial charge in [0.25, 0.3) is 5.91 Å². The minimum atomic E-state index is -0.693. The fraction of sp³-hybridized carbons (Fsp3) is 0. The highest BCUT2D eigenvalue weighted by Crippen LogP contribution is 2.17. The molecule has 66 valence electrons. The van der Waals surface area contributed by atoms with Gasteiger partial charge in [-0.3, -0.25) is 4.79 Å². The maximum atomic E-state index is 10.3. The predicted octanol–water partition coefficient (Wildman–Crippen LogP) is -0.312. The topological polar surface area (TPSA) is 95.1 Å². The quantitative estimate of drug-likeness (QED) is 0.372. The Morgan fingerprint density at radius 3 is 2.62 bits per heavy atom. The summed E-state index contributed by atoms with van der Waals surface area (Å²) in [5.41, 5.74) is 17.3. The number of nitrogens with two attached hydrogens (primary N) is 3. The third-order valence-electron chi connectivity index (χ3n) is 1.46. The van der Waals surface area contributed by atoms with Crippen LogP contribution in [0.15, 0.2) is 18.2 Å². The molecule has 0 aliphatic heterocycles. The molecule has 4 heteroatoms. The summed E-state index contributed by atoms with van der Waals surface area (Å²) in [5.74, 6) is 4.01. The summed E-state index contributed by atoms with van der Waals surface area (Å²) in [6, 6.07) is 5.03. The monoisotopic (exact) mass is 175 g/mol. The van der Waals surface area contributed by atoms with E-state index in [1.807, 2.05) is 0 Å². The summed E-state index contributed by atoms with van der Waals surface area (Å²) in [6.45, 7) is 0. The lowest BCUT2D eigenvalue weighted by Crippen LogP contribution is -2.06. The Morgan fingerprint density at radius 1 is 1.31 bits per heavy atom. The van der Waals surface area contributed by atoms with Gasteiger partial charge in [0, 0.05) is 5.92 Å². The molecule has 0 fully saturated rings. The van der Waals surface area contributed by atoms with E-state index in [1.54, 1.807) is 18.2 Å². The lowest BCUT2D eigenvalue weighted by molar-refractivity contribution is -0.112. The van der Waals surface area contributed by atoms with Gasteiger partial charge in [-0.15, -0.1) is 0 Å². The molecular weight excluding hydrogens is 166 g/mol. The molecule has 0 aliphatic carbocycles. The Balaban J connectivity index is 3.11. The van der Waals surface area contributed by atoms with Gasteiger partial charge in [0.15, 0.2) is 0 Å². The lowest BCUT2D eigenvalue weighted by Gasteiger charge is -2.00. The van der Waals surface area contributed by atoms with E-state index in [9.17, 15) is 4.79 Å². The number of carbonyl (C=O) groups is 1. The lowest BCUT2D eigenvalue weighted by atomic mass is 10.1. The third kappa shape index (κ3) is 2.14. The molecule has 0 radical (unpaired) electrons. The molecule has 0 spiro atoms. The van der Waals surface area contributed by atoms with Crippen LogP contribution in [0.2, 0.25) is 0 Å². The van der Waals surface area contributed by atoms with Crippen LogP contribution in [-0.4, -0.2) is 5.91 Å². The number of amides is 1. The largest absolute Gasteiger partial charge is 0.397 e. The maximum absolute atomic E-state index is 10.3. The van der Waals surface area contributed by atoms with E-state index in [1.165, 1.54) is 0 Å². The number of hydrogen-bond acceptors (Lipinski definition) is 3. The Hall–Kier alpha value is -2.15. The summed E-state index contributed by atoms with van der Waals surface area (Å²) in [6.07, 6.45) is 0. The van der Waals surface area contributed by atoms with Gasteiger partial charge in [-0.05, 0) is 12.1 Å². The van der Waals surface area contributed by atoms with Crippen molar-refractivity contribution in [2.24, 2.45) is 5.73 Å². The van der Waals surface area contributed by atoms with Crippen molar-refractivity contribution in [3.05, 3.63) is 23.8 Å². The van der Waals surface area contributed by atoms with Crippen molar-refractivity contribution >= 4 is 17.3 Å². The van der Waals surface area contributed by atoms with Gasteiger partial charge in [0.05, 0.1) is 16.9 Å². The summed E-state index contributed by atoms with van der Waals surface area (Å²) in [4.78, 5) is 10.3. The number of anilines is 2. The molecule has 1 aromatic carbocycles. The van der Waals surface area contributed by atoms with Crippen LogP contribution in [0.5, 0.6) is 0 Å². The highest BCUT2D eigenvalue weighted by atomic mass is 16.1. The zero-order valence-electron chi connectivity index (χ0n) is 6.87. The molecule has 1 amide bonds. The van der Waals surface area contributed by atoms with Crippen LogP contribution in [0.25, 0.3) is 0 Å². The Kier molecular flexibility index (Phi) is 2.41. The highest BCUT2D eigenvalue weighted by Gasteiger charge is 1.97. The molecule has 0 heterocycles. The second-order valence-corrected chi connectivity index (χ2v) is 2.42. The van der Waals surface area contributed by atoms with Crippen LogP contribution in [0.4, 0.5) is 11.4 Å². The predicted molar refractivity (Wildman–Crippen MR) is 51.3 cm³/mol. The zero-order valence-corrected chi connectivity index (χ0v) is 6.87. The molecule has 0 unspecified atom stereocenters. The van der Waals surface area contributed by atoms with Gasteiger partial charge in [0.1, 0.15) is 0 Å². The van der Waals surface area contributed by atoms with Gasteiger partial charge < -0.3 is 17.2 Å². The molecule has 0 aromatic heterocycles. The summed E-state index contributed by atoms with van der Waals surface area (Å²) in [5, 5.41) is 0. The number of primary amides is 1. The fourth-order valence-corrected chi connectivity index (χ4v) is 0.821. The molecule has 13 heavy (non-hydrogen) atoms. The SMILES string of the molecule is NC(=O)C#Cc1cccc(N)c1N. The highest BCUT2D eigenvalue weighted by molar-refractivity contribution is 5.93. The van der Waals surface area contributed by atoms with E-state index in [2.05, 4.69) is 11.8 Å². The second-order valence-electron chi connectivity index (χ2n) is 2.42. The van der Waals surface area contributed by atoms with Crippen molar-refractivity contribution in [2.75, 3.05) is 11.5 Å². The summed E-state index contributed by atoms with van der Waals surface area (Å²) >= 11 is 0. The molecule has 0 atom stereocenters. The number of hydrogen-bond donors (Lipinski definition) is 3. The van der Waals surface area contributed by atoms with Crippen LogP contribution in [-0.2, 0) is 4.79 Å². The first kappa shape index (κ1) is 8.94. The van der Waals surface area contributed by atoms with Gasteiger partial charge in [-0.2, -0.15) is 0 Å². The Morgan fingerprint density at radius 2 is 2.00 bits per heavy atom. The summed E-state index contributed by atoms with van der Waals surface area (Å²) < 4.78 is 0. The van der Waals surface area contributed by atoms with Gasteiger partial charge in [0.2, 0.25) is 0 Å². The average Bonchev–Trinajstić information content (AvgIpc) is 2.07. The van der Waals surface area contributed by atoms with Crippen molar-refractivity contribution in [2.45, 2.75) is 0 Å². The van der Waals surface area contributed by atoms with Crippen molar-refractivity contribution < 1.29 is 4.79 Å². The number of para-hydroxylation sites is 1. The molecule has 4 nitrogen and oxygen atoms in total. The van der Waals surface area contributed by atoms with Crippen molar-refractivity contribution in [3.8, 4) is 11.8 Å². The summed E-state index contributed by atoms with van der Waals surface area (Å²) in [7, 11) is 0. The normalized spacial score (nSPS) is 8.62. The van der Waals surface area contributed by atoms with Crippen LogP contribution >= 0.6 is 0 Å². The van der Waals surface area contributed by atoms with E-state index in [4.69, 9.17) is 17.2 Å². The van der Waals surface area contributed by atoms with E-state index in [0.717, 1.165) is 0 Å². The number of rotatable bonds is 0. The average molecular weight is 175 g/mol. The van der Waals surface area contributed by atoms with Crippen LogP contribution < -0.4 is 17.2 Å². The first-order valence-corrected chi connectivity index (χ1v) is 3.56. The molecular formula is C9H9N3O. The smallest absolute Gasteiger partial charge is 0.293 e. The van der Waals surface area contributed by atoms with Crippen molar-refractivity contribution in [1.82, 2.24) is 0 Å². The minimum absolute atomic E-state index is 0.372. The fourth-order valence-electron chi connectivity index (χ4n) is 0.821. The number of benzene rings is 1. The standard InChI is InChI=1S/C9H9N3O/c10-7-3-1-2-6(9(7)12)4-5-8(11)13/h1-3H,10,12H2,(H2,11,13). The molecule has 1 aromatic rings. The second kappa shape index (κ2) is 3.50. The first-order valence-electron chi connectivity index (χ1n) is 3.56. The van der Waals surface area contributed by atoms with Crippen LogP contribution in [0.3, 0.4) is 0 Å². The van der Waals surface area contributed by atoms with Crippen LogP contribution in [0, 0.1) is 11.8 Å². The molecule has 0 aliphatic rings. The molecule has 0 bridgehead atoms. The van der Waals surface area contributed by atoms with Crippen molar-refractivity contribution in [1.29, 1.82) is 0 Å². The Labute approximate surface area is 75.7 Å². The third-order valence-corrected chi connectivity index (χ3v) is 1.46. The van der Waals surface area contributed by atoms with Gasteiger partial charge in [-0.25, -0.2) is 0 Å². The van der Waals surface area contributed by atoms with Gasteiger partial charge in [-0.1, -0.05) is 12.0 Å².